The fraction of sp³-hybridized carbons (Fsp3) is 0.0714. The van der Waals surface area contributed by atoms with Crippen LogP contribution in [0.1, 0.15) is 9.75 Å². The molecule has 4 aromatic heterocycles. The minimum Gasteiger partial charge on any atom is -0.456 e. The third kappa shape index (κ3) is 2.70. The first kappa shape index (κ1) is 18.3. The molecule has 0 radical (unpaired) electrons. The van der Waals surface area contributed by atoms with Gasteiger partial charge in [0.2, 0.25) is 0 Å². The summed E-state index contributed by atoms with van der Waals surface area (Å²) in [6.07, 6.45) is 0. The Morgan fingerprint density at radius 1 is 0.469 bits per heavy atom. The SMILES string of the molecule is Cc1ccc(-c2ccc3c(c2)oc2cc4c(cc23)oc2cc(-c3ccc(C)s3)ccc24)s1. The number of hydrogen-bond donors (Lipinski definition) is 0. The minimum absolute atomic E-state index is 0.896. The maximum Gasteiger partial charge on any atom is 0.136 e. The lowest BCUT2D eigenvalue weighted by molar-refractivity contribution is 0.664. The first-order valence-electron chi connectivity index (χ1n) is 10.6. The standard InChI is InChI=1S/C28H18O2S2/c1-15-3-9-27(31-15)17-5-7-19-21-13-26-22(14-25(21)29-23(19)11-17)20-8-6-18(12-24(20)30-26)28-10-4-16(2)32-28/h3-14H,1-2H3. The van der Waals surface area contributed by atoms with Crippen molar-refractivity contribution in [1.82, 2.24) is 0 Å². The molecule has 32 heavy (non-hydrogen) atoms. The van der Waals surface area contributed by atoms with E-state index in [9.17, 15) is 0 Å². The van der Waals surface area contributed by atoms with Crippen LogP contribution in [0.5, 0.6) is 0 Å². The number of aryl methyl sites for hydroxylation is 2. The Labute approximate surface area is 192 Å². The third-order valence-electron chi connectivity index (χ3n) is 6.11. The van der Waals surface area contributed by atoms with Gasteiger partial charge in [-0.1, -0.05) is 12.1 Å². The van der Waals surface area contributed by atoms with Gasteiger partial charge < -0.3 is 8.83 Å². The molecule has 0 saturated carbocycles. The van der Waals surface area contributed by atoms with Crippen molar-refractivity contribution in [1.29, 1.82) is 0 Å². The van der Waals surface area contributed by atoms with Crippen LogP contribution < -0.4 is 0 Å². The minimum atomic E-state index is 0.896. The van der Waals surface area contributed by atoms with Crippen LogP contribution in [0, 0.1) is 13.8 Å². The first-order valence-corrected chi connectivity index (χ1v) is 12.2. The van der Waals surface area contributed by atoms with Gasteiger partial charge in [0.05, 0.1) is 0 Å². The lowest BCUT2D eigenvalue weighted by Gasteiger charge is -1.97. The second-order valence-corrected chi connectivity index (χ2v) is 10.9. The van der Waals surface area contributed by atoms with Crippen LogP contribution in [0.4, 0.5) is 0 Å². The van der Waals surface area contributed by atoms with Gasteiger partial charge in [0, 0.05) is 41.1 Å². The van der Waals surface area contributed by atoms with Gasteiger partial charge in [0.25, 0.3) is 0 Å². The molecule has 0 fully saturated rings. The van der Waals surface area contributed by atoms with Crippen molar-refractivity contribution in [3.8, 4) is 20.9 Å². The smallest absolute Gasteiger partial charge is 0.136 e. The van der Waals surface area contributed by atoms with E-state index in [0.717, 1.165) is 43.9 Å². The summed E-state index contributed by atoms with van der Waals surface area (Å²) >= 11 is 3.61. The van der Waals surface area contributed by atoms with Crippen molar-refractivity contribution in [3.05, 3.63) is 82.6 Å². The zero-order chi connectivity index (χ0) is 21.4. The summed E-state index contributed by atoms with van der Waals surface area (Å²) in [6, 6.07) is 25.9. The van der Waals surface area contributed by atoms with Crippen molar-refractivity contribution in [2.24, 2.45) is 0 Å². The van der Waals surface area contributed by atoms with E-state index in [1.165, 1.54) is 30.6 Å². The predicted octanol–water partition coefficient (Wildman–Crippen LogP) is 9.56. The van der Waals surface area contributed by atoms with E-state index in [1.54, 1.807) is 22.7 Å². The summed E-state index contributed by atoms with van der Waals surface area (Å²) in [5.41, 5.74) is 6.01. The van der Waals surface area contributed by atoms with E-state index in [4.69, 9.17) is 8.83 Å². The molecule has 7 aromatic rings. The van der Waals surface area contributed by atoms with Crippen LogP contribution in [-0.2, 0) is 0 Å². The highest BCUT2D eigenvalue weighted by atomic mass is 32.1. The number of rotatable bonds is 2. The largest absolute Gasteiger partial charge is 0.456 e. The van der Waals surface area contributed by atoms with Gasteiger partial charge >= 0.3 is 0 Å². The molecule has 0 saturated heterocycles. The lowest BCUT2D eigenvalue weighted by atomic mass is 10.1. The molecule has 0 spiro atoms. The molecule has 7 rings (SSSR count). The maximum atomic E-state index is 6.31. The fourth-order valence-corrected chi connectivity index (χ4v) is 6.26. The fourth-order valence-electron chi connectivity index (χ4n) is 4.53. The second-order valence-electron chi connectivity index (χ2n) is 8.29. The number of furan rings is 2. The normalized spacial score (nSPS) is 12.1. The Morgan fingerprint density at radius 2 is 0.906 bits per heavy atom. The molecule has 4 heterocycles. The van der Waals surface area contributed by atoms with Crippen molar-refractivity contribution in [2.75, 3.05) is 0 Å². The molecule has 0 aliphatic heterocycles. The van der Waals surface area contributed by atoms with Gasteiger partial charge in [0.1, 0.15) is 22.3 Å². The number of thiophene rings is 2. The Morgan fingerprint density at radius 3 is 1.31 bits per heavy atom. The van der Waals surface area contributed by atoms with Crippen LogP contribution in [-0.4, -0.2) is 0 Å². The van der Waals surface area contributed by atoms with Crippen molar-refractivity contribution in [3.63, 3.8) is 0 Å². The van der Waals surface area contributed by atoms with Crippen molar-refractivity contribution in [2.45, 2.75) is 13.8 Å². The highest BCUT2D eigenvalue weighted by Gasteiger charge is 2.15. The van der Waals surface area contributed by atoms with Gasteiger partial charge in [0.15, 0.2) is 0 Å². The monoisotopic (exact) mass is 450 g/mol. The topological polar surface area (TPSA) is 26.3 Å². The summed E-state index contributed by atoms with van der Waals surface area (Å²) < 4.78 is 12.6. The van der Waals surface area contributed by atoms with E-state index < -0.39 is 0 Å². The average molecular weight is 451 g/mol. The molecule has 0 aliphatic rings. The average Bonchev–Trinajstić information content (AvgIpc) is 3.56. The Kier molecular flexibility index (Phi) is 3.75. The maximum absolute atomic E-state index is 6.31. The van der Waals surface area contributed by atoms with Crippen LogP contribution in [0.25, 0.3) is 64.8 Å². The van der Waals surface area contributed by atoms with E-state index in [1.807, 2.05) is 0 Å². The van der Waals surface area contributed by atoms with E-state index in [2.05, 4.69) is 86.6 Å². The first-order chi connectivity index (χ1) is 15.6. The molecule has 0 atom stereocenters. The van der Waals surface area contributed by atoms with E-state index >= 15 is 0 Å². The van der Waals surface area contributed by atoms with Gasteiger partial charge in [-0.3, -0.25) is 0 Å². The molecule has 0 N–H and O–H groups in total. The highest BCUT2D eigenvalue weighted by molar-refractivity contribution is 7.15. The van der Waals surface area contributed by atoms with Gasteiger partial charge in [-0.25, -0.2) is 0 Å². The molecule has 2 nitrogen and oxygen atoms in total. The zero-order valence-electron chi connectivity index (χ0n) is 17.6. The van der Waals surface area contributed by atoms with Crippen molar-refractivity contribution >= 4 is 66.6 Å². The van der Waals surface area contributed by atoms with E-state index in [0.29, 0.717) is 0 Å². The zero-order valence-corrected chi connectivity index (χ0v) is 19.2. The summed E-state index contributed by atoms with van der Waals surface area (Å²) in [5.74, 6) is 0. The van der Waals surface area contributed by atoms with E-state index in [-0.39, 0.29) is 0 Å². The molecule has 0 unspecified atom stereocenters. The molecule has 4 heteroatoms. The summed E-state index contributed by atoms with van der Waals surface area (Å²) in [5, 5.41) is 4.42. The molecule has 0 aliphatic carbocycles. The van der Waals surface area contributed by atoms with Gasteiger partial charge in [-0.2, -0.15) is 0 Å². The third-order valence-corrected chi connectivity index (χ3v) is 8.21. The quantitative estimate of drug-likeness (QED) is 0.262. The number of benzene rings is 3. The van der Waals surface area contributed by atoms with Gasteiger partial charge in [-0.05, 0) is 85.6 Å². The summed E-state index contributed by atoms with van der Waals surface area (Å²) in [4.78, 5) is 5.16. The Hall–Kier alpha value is -3.34. The highest BCUT2D eigenvalue weighted by Crippen LogP contribution is 2.40. The number of fused-ring (bicyclic) bond motifs is 6. The summed E-state index contributed by atoms with van der Waals surface area (Å²) in [6.45, 7) is 4.27. The Balaban J connectivity index is 1.41. The lowest BCUT2D eigenvalue weighted by Crippen LogP contribution is -1.72. The van der Waals surface area contributed by atoms with Crippen LogP contribution in [0.2, 0.25) is 0 Å². The van der Waals surface area contributed by atoms with Crippen LogP contribution in [0.3, 0.4) is 0 Å². The molecule has 154 valence electrons. The summed E-state index contributed by atoms with van der Waals surface area (Å²) in [7, 11) is 0. The second kappa shape index (κ2) is 6.58. The van der Waals surface area contributed by atoms with Crippen LogP contribution in [0.15, 0.2) is 81.6 Å². The van der Waals surface area contributed by atoms with Crippen molar-refractivity contribution < 1.29 is 8.83 Å². The molecule has 0 amide bonds. The Bertz CT molecular complexity index is 1670. The molecular formula is C28H18O2S2. The number of hydrogen-bond acceptors (Lipinski definition) is 4. The molecule has 0 bridgehead atoms. The predicted molar refractivity (Wildman–Crippen MR) is 137 cm³/mol. The molecular weight excluding hydrogens is 432 g/mol. The molecule has 3 aromatic carbocycles. The van der Waals surface area contributed by atoms with Crippen LogP contribution >= 0.6 is 22.7 Å². The van der Waals surface area contributed by atoms with Gasteiger partial charge in [-0.15, -0.1) is 22.7 Å².